The lowest BCUT2D eigenvalue weighted by molar-refractivity contribution is -0.0761. The lowest BCUT2D eigenvalue weighted by Gasteiger charge is -2.58. The van der Waals surface area contributed by atoms with Gasteiger partial charge in [-0.1, -0.05) is 25.5 Å². The van der Waals surface area contributed by atoms with Crippen LogP contribution >= 0.6 is 0 Å². The Labute approximate surface area is 128 Å². The smallest absolute Gasteiger partial charge is 0.0724 e. The minimum absolute atomic E-state index is 0.0682. The monoisotopic (exact) mass is 290 g/mol. The average Bonchev–Trinajstić information content (AvgIpc) is 2.76. The molecule has 3 fully saturated rings. The number of hydrogen-bond donors (Lipinski definition) is 2. The summed E-state index contributed by atoms with van der Waals surface area (Å²) in [6.07, 6.45) is 11.2. The molecule has 0 radical (unpaired) electrons. The number of allylic oxidation sites excluding steroid dienone is 1. The van der Waals surface area contributed by atoms with Gasteiger partial charge in [-0.15, -0.1) is 0 Å². The van der Waals surface area contributed by atoms with E-state index in [1.54, 1.807) is 5.57 Å². The number of aliphatic hydroxyl groups excluding tert-OH is 2. The van der Waals surface area contributed by atoms with Gasteiger partial charge in [-0.05, 0) is 80.0 Å². The number of fused-ring (bicyclic) bond motifs is 5. The zero-order valence-electron chi connectivity index (χ0n) is 13.5. The van der Waals surface area contributed by atoms with Crippen molar-refractivity contribution in [1.82, 2.24) is 0 Å². The van der Waals surface area contributed by atoms with Gasteiger partial charge in [0.05, 0.1) is 12.2 Å². The van der Waals surface area contributed by atoms with Crippen molar-refractivity contribution in [3.8, 4) is 0 Å². The summed E-state index contributed by atoms with van der Waals surface area (Å²) >= 11 is 0. The van der Waals surface area contributed by atoms with Crippen LogP contribution in [0, 0.1) is 28.6 Å². The molecular formula is C19H30O2. The quantitative estimate of drug-likeness (QED) is 0.668. The van der Waals surface area contributed by atoms with E-state index in [1.165, 1.54) is 32.1 Å². The summed E-state index contributed by atoms with van der Waals surface area (Å²) in [6, 6.07) is 0. The van der Waals surface area contributed by atoms with Crippen molar-refractivity contribution < 1.29 is 10.2 Å². The van der Waals surface area contributed by atoms with Gasteiger partial charge >= 0.3 is 0 Å². The highest BCUT2D eigenvalue weighted by Gasteiger charge is 2.58. The standard InChI is InChI=1S/C19H30O2/c1-18-9-7-13(20)11-12(18)3-4-14-15-5-6-17(21)19(15,2)10-8-16(14)18/h11,13-17,20-21H,3-10H2,1-2H3/t13-,14+,15-,16-,17-,18-,19-/m0/s1. The van der Waals surface area contributed by atoms with Crippen molar-refractivity contribution in [3.63, 3.8) is 0 Å². The van der Waals surface area contributed by atoms with Gasteiger partial charge in [-0.2, -0.15) is 0 Å². The molecule has 0 spiro atoms. The highest BCUT2D eigenvalue weighted by atomic mass is 16.3. The van der Waals surface area contributed by atoms with E-state index in [1.807, 2.05) is 0 Å². The van der Waals surface area contributed by atoms with Crippen molar-refractivity contribution in [2.75, 3.05) is 0 Å². The molecule has 0 aromatic heterocycles. The molecule has 0 aromatic carbocycles. The first-order valence-electron chi connectivity index (χ1n) is 9.02. The first-order chi connectivity index (χ1) is 9.95. The van der Waals surface area contributed by atoms with Crippen molar-refractivity contribution in [2.45, 2.75) is 77.4 Å². The van der Waals surface area contributed by atoms with E-state index < -0.39 is 0 Å². The molecule has 7 atom stereocenters. The van der Waals surface area contributed by atoms with Gasteiger partial charge in [0.25, 0.3) is 0 Å². The summed E-state index contributed by atoms with van der Waals surface area (Å²) in [6.45, 7) is 4.82. The second kappa shape index (κ2) is 4.58. The van der Waals surface area contributed by atoms with Gasteiger partial charge in [0.2, 0.25) is 0 Å². The Kier molecular flexibility index (Phi) is 3.11. The van der Waals surface area contributed by atoms with Gasteiger partial charge in [0, 0.05) is 0 Å². The van der Waals surface area contributed by atoms with Crippen LogP contribution in [-0.2, 0) is 0 Å². The molecule has 2 N–H and O–H groups in total. The molecule has 0 saturated heterocycles. The summed E-state index contributed by atoms with van der Waals surface area (Å²) in [5, 5.41) is 20.4. The Morgan fingerprint density at radius 1 is 0.952 bits per heavy atom. The average molecular weight is 290 g/mol. The van der Waals surface area contributed by atoms with Crippen molar-refractivity contribution in [3.05, 3.63) is 11.6 Å². The van der Waals surface area contributed by atoms with Crippen molar-refractivity contribution in [1.29, 1.82) is 0 Å². The van der Waals surface area contributed by atoms with E-state index in [-0.39, 0.29) is 17.6 Å². The Morgan fingerprint density at radius 2 is 1.76 bits per heavy atom. The summed E-state index contributed by atoms with van der Waals surface area (Å²) < 4.78 is 0. The van der Waals surface area contributed by atoms with Crippen LogP contribution in [0.5, 0.6) is 0 Å². The molecule has 0 heterocycles. The third-order valence-corrected chi connectivity index (χ3v) is 8.04. The summed E-state index contributed by atoms with van der Waals surface area (Å²) in [4.78, 5) is 0. The minimum Gasteiger partial charge on any atom is -0.393 e. The predicted molar refractivity (Wildman–Crippen MR) is 83.7 cm³/mol. The summed E-state index contributed by atoms with van der Waals surface area (Å²) in [5.41, 5.74) is 2.06. The SMILES string of the molecule is C[C@]12CC[C@H]3[C@H](CCC4=C[C@@H](O)CC[C@@]43C)[C@@H]1CC[C@@H]2O. The summed E-state index contributed by atoms with van der Waals surface area (Å²) in [7, 11) is 0. The predicted octanol–water partition coefficient (Wildman–Crippen LogP) is 3.67. The second-order valence-electron chi connectivity index (χ2n) is 8.77. The maximum Gasteiger partial charge on any atom is 0.0724 e. The second-order valence-corrected chi connectivity index (χ2v) is 8.77. The third kappa shape index (κ3) is 1.84. The summed E-state index contributed by atoms with van der Waals surface area (Å²) in [5.74, 6) is 2.32. The van der Waals surface area contributed by atoms with Gasteiger partial charge in [0.1, 0.15) is 0 Å². The molecule has 2 nitrogen and oxygen atoms in total. The maximum atomic E-state index is 10.5. The van der Waals surface area contributed by atoms with Crippen LogP contribution in [0.4, 0.5) is 0 Å². The fraction of sp³-hybridized carbons (Fsp3) is 0.895. The zero-order valence-corrected chi connectivity index (χ0v) is 13.5. The topological polar surface area (TPSA) is 40.5 Å². The molecule has 0 bridgehead atoms. The molecule has 118 valence electrons. The van der Waals surface area contributed by atoms with E-state index in [4.69, 9.17) is 0 Å². The fourth-order valence-corrected chi connectivity index (χ4v) is 6.68. The van der Waals surface area contributed by atoms with Crippen LogP contribution in [0.3, 0.4) is 0 Å². The molecule has 21 heavy (non-hydrogen) atoms. The number of rotatable bonds is 0. The highest BCUT2D eigenvalue weighted by molar-refractivity contribution is 5.25. The molecule has 4 aliphatic rings. The van der Waals surface area contributed by atoms with Crippen LogP contribution in [0.15, 0.2) is 11.6 Å². The first-order valence-corrected chi connectivity index (χ1v) is 9.02. The molecule has 2 heteroatoms. The first kappa shape index (κ1) is 14.3. The highest BCUT2D eigenvalue weighted by Crippen LogP contribution is 2.65. The van der Waals surface area contributed by atoms with E-state index >= 15 is 0 Å². The Bertz CT molecular complexity index is 470. The third-order valence-electron chi connectivity index (χ3n) is 8.04. The van der Waals surface area contributed by atoms with Gasteiger partial charge < -0.3 is 10.2 Å². The molecule has 0 amide bonds. The number of hydrogen-bond acceptors (Lipinski definition) is 2. The van der Waals surface area contributed by atoms with Gasteiger partial charge in [-0.3, -0.25) is 0 Å². The Morgan fingerprint density at radius 3 is 2.57 bits per heavy atom. The lowest BCUT2D eigenvalue weighted by atomic mass is 9.47. The van der Waals surface area contributed by atoms with E-state index in [9.17, 15) is 10.2 Å². The van der Waals surface area contributed by atoms with E-state index in [2.05, 4.69) is 19.9 Å². The molecular weight excluding hydrogens is 260 g/mol. The van der Waals surface area contributed by atoms with Gasteiger partial charge in [-0.25, -0.2) is 0 Å². The Balaban J connectivity index is 1.67. The molecule has 0 unspecified atom stereocenters. The van der Waals surface area contributed by atoms with Crippen molar-refractivity contribution in [2.24, 2.45) is 28.6 Å². The molecule has 0 aliphatic heterocycles. The zero-order chi connectivity index (χ0) is 14.8. The minimum atomic E-state index is -0.202. The normalized spacial score (nSPS) is 56.2. The van der Waals surface area contributed by atoms with Crippen LogP contribution in [0.25, 0.3) is 0 Å². The van der Waals surface area contributed by atoms with E-state index in [0.717, 1.165) is 37.0 Å². The van der Waals surface area contributed by atoms with Crippen molar-refractivity contribution >= 4 is 0 Å². The van der Waals surface area contributed by atoms with Crippen LogP contribution < -0.4 is 0 Å². The largest absolute Gasteiger partial charge is 0.393 e. The van der Waals surface area contributed by atoms with Crippen LogP contribution in [-0.4, -0.2) is 22.4 Å². The molecule has 3 saturated carbocycles. The molecule has 0 aromatic rings. The Hall–Kier alpha value is -0.340. The lowest BCUT2D eigenvalue weighted by Crippen LogP contribution is -2.51. The molecule has 4 aliphatic carbocycles. The fourth-order valence-electron chi connectivity index (χ4n) is 6.68. The maximum absolute atomic E-state index is 10.5. The molecule has 4 rings (SSSR count). The number of aliphatic hydroxyl groups is 2. The van der Waals surface area contributed by atoms with Gasteiger partial charge in [0.15, 0.2) is 0 Å². The van der Waals surface area contributed by atoms with Crippen LogP contribution in [0.1, 0.15) is 65.2 Å². The van der Waals surface area contributed by atoms with Crippen LogP contribution in [0.2, 0.25) is 0 Å². The van der Waals surface area contributed by atoms with E-state index in [0.29, 0.717) is 5.41 Å².